The molecule has 2 heteroatoms. The maximum absolute atomic E-state index is 10.9. The van der Waals surface area contributed by atoms with E-state index in [0.29, 0.717) is 5.92 Å². The van der Waals surface area contributed by atoms with Crippen LogP contribution < -0.4 is 0 Å². The Morgan fingerprint density at radius 1 is 1.58 bits per heavy atom. The lowest BCUT2D eigenvalue weighted by Gasteiger charge is -2.20. The highest BCUT2D eigenvalue weighted by Gasteiger charge is 2.14. The van der Waals surface area contributed by atoms with Gasteiger partial charge in [-0.1, -0.05) is 18.9 Å². The van der Waals surface area contributed by atoms with Crippen molar-refractivity contribution in [2.45, 2.75) is 32.6 Å². The minimum atomic E-state index is -0.209. The van der Waals surface area contributed by atoms with Crippen LogP contribution in [0.15, 0.2) is 11.6 Å². The van der Waals surface area contributed by atoms with Crippen LogP contribution in [0.3, 0.4) is 0 Å². The van der Waals surface area contributed by atoms with Crippen LogP contribution >= 0.6 is 0 Å². The zero-order chi connectivity index (χ0) is 8.97. The largest absolute Gasteiger partial charge is 0.466 e. The highest BCUT2D eigenvalue weighted by atomic mass is 16.5. The highest BCUT2D eigenvalue weighted by Crippen LogP contribution is 2.28. The van der Waals surface area contributed by atoms with Crippen LogP contribution in [0.5, 0.6) is 0 Å². The third kappa shape index (κ3) is 2.36. The molecule has 1 saturated carbocycles. The molecule has 1 aliphatic rings. The number of allylic oxidation sites excluding steroid dienone is 1. The Labute approximate surface area is 73.6 Å². The second-order valence-corrected chi connectivity index (χ2v) is 3.39. The van der Waals surface area contributed by atoms with Gasteiger partial charge in [0, 0.05) is 6.08 Å². The van der Waals surface area contributed by atoms with Gasteiger partial charge in [-0.3, -0.25) is 0 Å². The number of carbonyl (C=O) groups excluding carboxylic acids is 1. The second-order valence-electron chi connectivity index (χ2n) is 3.39. The van der Waals surface area contributed by atoms with E-state index in [4.69, 9.17) is 0 Å². The molecule has 0 aliphatic heterocycles. The van der Waals surface area contributed by atoms with Crippen LogP contribution in [0, 0.1) is 5.92 Å². The van der Waals surface area contributed by atoms with Gasteiger partial charge in [0.25, 0.3) is 0 Å². The molecule has 0 aromatic carbocycles. The van der Waals surface area contributed by atoms with Crippen molar-refractivity contribution in [2.75, 3.05) is 7.11 Å². The first-order chi connectivity index (χ1) is 5.74. The number of carbonyl (C=O) groups is 1. The minimum Gasteiger partial charge on any atom is -0.466 e. The smallest absolute Gasteiger partial charge is 0.330 e. The van der Waals surface area contributed by atoms with E-state index in [0.717, 1.165) is 6.42 Å². The standard InChI is InChI=1S/C10H16O2/c1-8-5-3-4-6-9(8)7-10(11)12-2/h7-8H,3-6H2,1-2H3/b9-7+/t8-/m0/s1. The van der Waals surface area contributed by atoms with Crippen molar-refractivity contribution in [2.24, 2.45) is 5.92 Å². The van der Waals surface area contributed by atoms with Crippen molar-refractivity contribution < 1.29 is 9.53 Å². The van der Waals surface area contributed by atoms with E-state index in [-0.39, 0.29) is 5.97 Å². The normalized spacial score (nSPS) is 27.2. The van der Waals surface area contributed by atoms with Gasteiger partial charge in [0.1, 0.15) is 0 Å². The van der Waals surface area contributed by atoms with Gasteiger partial charge < -0.3 is 4.74 Å². The van der Waals surface area contributed by atoms with E-state index in [1.165, 1.54) is 31.9 Å². The van der Waals surface area contributed by atoms with Gasteiger partial charge in [-0.25, -0.2) is 4.79 Å². The fourth-order valence-corrected chi connectivity index (χ4v) is 1.64. The van der Waals surface area contributed by atoms with Gasteiger partial charge in [-0.05, 0) is 25.2 Å². The van der Waals surface area contributed by atoms with Gasteiger partial charge in [0.15, 0.2) is 0 Å². The third-order valence-corrected chi connectivity index (χ3v) is 2.49. The number of methoxy groups -OCH3 is 1. The molecule has 1 fully saturated rings. The zero-order valence-corrected chi connectivity index (χ0v) is 7.80. The van der Waals surface area contributed by atoms with Crippen LogP contribution in [0.4, 0.5) is 0 Å². The molecular formula is C10H16O2. The van der Waals surface area contributed by atoms with E-state index in [9.17, 15) is 4.79 Å². The highest BCUT2D eigenvalue weighted by molar-refractivity contribution is 5.82. The van der Waals surface area contributed by atoms with Crippen molar-refractivity contribution >= 4 is 5.97 Å². The Balaban J connectivity index is 2.58. The maximum Gasteiger partial charge on any atom is 0.330 e. The van der Waals surface area contributed by atoms with Crippen molar-refractivity contribution in [1.29, 1.82) is 0 Å². The summed E-state index contributed by atoms with van der Waals surface area (Å²) in [5.41, 5.74) is 1.26. The van der Waals surface area contributed by atoms with Crippen LogP contribution in [0.25, 0.3) is 0 Å². The van der Waals surface area contributed by atoms with E-state index < -0.39 is 0 Å². The first kappa shape index (κ1) is 9.30. The van der Waals surface area contributed by atoms with Crippen LogP contribution in [-0.2, 0) is 9.53 Å². The fraction of sp³-hybridized carbons (Fsp3) is 0.700. The van der Waals surface area contributed by atoms with Crippen LogP contribution in [0.2, 0.25) is 0 Å². The summed E-state index contributed by atoms with van der Waals surface area (Å²) >= 11 is 0. The van der Waals surface area contributed by atoms with E-state index >= 15 is 0 Å². The van der Waals surface area contributed by atoms with Gasteiger partial charge in [-0.2, -0.15) is 0 Å². The van der Waals surface area contributed by atoms with Gasteiger partial charge >= 0.3 is 5.97 Å². The quantitative estimate of drug-likeness (QED) is 0.443. The van der Waals surface area contributed by atoms with Gasteiger partial charge in [0.2, 0.25) is 0 Å². The number of hydrogen-bond donors (Lipinski definition) is 0. The Bertz CT molecular complexity index is 194. The minimum absolute atomic E-state index is 0.209. The second kappa shape index (κ2) is 4.29. The lowest BCUT2D eigenvalue weighted by Crippen LogP contribution is -2.08. The average Bonchev–Trinajstić information content (AvgIpc) is 2.09. The van der Waals surface area contributed by atoms with Crippen LogP contribution in [-0.4, -0.2) is 13.1 Å². The number of rotatable bonds is 1. The molecule has 12 heavy (non-hydrogen) atoms. The van der Waals surface area contributed by atoms with Crippen molar-refractivity contribution in [1.82, 2.24) is 0 Å². The molecule has 1 rings (SSSR count). The third-order valence-electron chi connectivity index (χ3n) is 2.49. The van der Waals surface area contributed by atoms with E-state index in [1.54, 1.807) is 6.08 Å². The SMILES string of the molecule is COC(=O)/C=C1\CCCC[C@@H]1C. The monoisotopic (exact) mass is 168 g/mol. The molecule has 0 radical (unpaired) electrons. The molecule has 0 amide bonds. The molecule has 0 bridgehead atoms. The molecule has 68 valence electrons. The lowest BCUT2D eigenvalue weighted by molar-refractivity contribution is -0.134. The Kier molecular flexibility index (Phi) is 3.32. The topological polar surface area (TPSA) is 26.3 Å². The molecule has 0 spiro atoms. The van der Waals surface area contributed by atoms with Crippen molar-refractivity contribution in [3.63, 3.8) is 0 Å². The zero-order valence-electron chi connectivity index (χ0n) is 7.80. The Hall–Kier alpha value is -0.790. The van der Waals surface area contributed by atoms with E-state index in [2.05, 4.69) is 11.7 Å². The summed E-state index contributed by atoms with van der Waals surface area (Å²) in [6.45, 7) is 2.17. The maximum atomic E-state index is 10.9. The molecule has 0 aromatic rings. The molecule has 0 aromatic heterocycles. The fourth-order valence-electron chi connectivity index (χ4n) is 1.64. The summed E-state index contributed by atoms with van der Waals surface area (Å²) in [6, 6.07) is 0. The predicted octanol–water partition coefficient (Wildman–Crippen LogP) is 2.30. The molecule has 0 heterocycles. The summed E-state index contributed by atoms with van der Waals surface area (Å²) in [5.74, 6) is 0.358. The molecule has 0 N–H and O–H groups in total. The Morgan fingerprint density at radius 3 is 2.92 bits per heavy atom. The lowest BCUT2D eigenvalue weighted by atomic mass is 9.85. The molecule has 1 atom stereocenters. The van der Waals surface area contributed by atoms with Gasteiger partial charge in [-0.15, -0.1) is 0 Å². The number of ether oxygens (including phenoxy) is 1. The first-order valence-electron chi connectivity index (χ1n) is 4.52. The summed E-state index contributed by atoms with van der Waals surface area (Å²) in [4.78, 5) is 10.9. The Morgan fingerprint density at radius 2 is 2.33 bits per heavy atom. The first-order valence-corrected chi connectivity index (χ1v) is 4.52. The van der Waals surface area contributed by atoms with Crippen molar-refractivity contribution in [3.05, 3.63) is 11.6 Å². The van der Waals surface area contributed by atoms with E-state index in [1.807, 2.05) is 0 Å². The molecule has 1 aliphatic carbocycles. The molecule has 2 nitrogen and oxygen atoms in total. The van der Waals surface area contributed by atoms with Crippen LogP contribution in [0.1, 0.15) is 32.6 Å². The van der Waals surface area contributed by atoms with Crippen molar-refractivity contribution in [3.8, 4) is 0 Å². The summed E-state index contributed by atoms with van der Waals surface area (Å²) in [5, 5.41) is 0. The number of esters is 1. The summed E-state index contributed by atoms with van der Waals surface area (Å²) in [7, 11) is 1.42. The molecule has 0 saturated heterocycles. The molecular weight excluding hydrogens is 152 g/mol. The summed E-state index contributed by atoms with van der Waals surface area (Å²) < 4.78 is 4.59. The predicted molar refractivity (Wildman–Crippen MR) is 47.7 cm³/mol. The molecule has 0 unspecified atom stereocenters. The average molecular weight is 168 g/mol. The number of hydrogen-bond acceptors (Lipinski definition) is 2. The van der Waals surface area contributed by atoms with Gasteiger partial charge in [0.05, 0.1) is 7.11 Å². The summed E-state index contributed by atoms with van der Waals surface area (Å²) in [6.07, 6.45) is 6.44.